The van der Waals surface area contributed by atoms with Gasteiger partial charge in [-0.15, -0.1) is 0 Å². The van der Waals surface area contributed by atoms with Crippen molar-refractivity contribution < 1.29 is 9.84 Å². The van der Waals surface area contributed by atoms with Crippen molar-refractivity contribution in [1.29, 1.82) is 0 Å². The van der Waals surface area contributed by atoms with Crippen LogP contribution in [0, 0.1) is 6.92 Å². The molecule has 0 radical (unpaired) electrons. The Hall–Kier alpha value is -0.800. The van der Waals surface area contributed by atoms with Crippen molar-refractivity contribution in [3.8, 4) is 5.75 Å². The molecule has 0 aromatic carbocycles. The largest absolute Gasteiger partial charge is 0.496 e. The highest BCUT2D eigenvalue weighted by molar-refractivity contribution is 6.29. The molecule has 0 unspecified atom stereocenters. The second kappa shape index (κ2) is 3.74. The molecule has 0 spiro atoms. The SMILES string of the molecule is COc1cc(Cl)nc(C)c1CO. The highest BCUT2D eigenvalue weighted by Gasteiger charge is 2.07. The van der Waals surface area contributed by atoms with Crippen LogP contribution in [0.3, 0.4) is 0 Å². The quantitative estimate of drug-likeness (QED) is 0.715. The van der Waals surface area contributed by atoms with Gasteiger partial charge in [0.2, 0.25) is 0 Å². The molecule has 1 heterocycles. The van der Waals surface area contributed by atoms with Crippen LogP contribution in [-0.4, -0.2) is 17.2 Å². The van der Waals surface area contributed by atoms with E-state index >= 15 is 0 Å². The zero-order valence-corrected chi connectivity index (χ0v) is 7.72. The molecule has 0 fully saturated rings. The summed E-state index contributed by atoms with van der Waals surface area (Å²) in [6.45, 7) is 1.69. The predicted octanol–water partition coefficient (Wildman–Crippen LogP) is 1.54. The first-order chi connectivity index (χ1) is 5.69. The fourth-order valence-electron chi connectivity index (χ4n) is 1.01. The second-order valence-corrected chi connectivity index (χ2v) is 2.76. The molecule has 0 bridgehead atoms. The van der Waals surface area contributed by atoms with E-state index in [0.29, 0.717) is 22.2 Å². The van der Waals surface area contributed by atoms with Gasteiger partial charge in [-0.3, -0.25) is 0 Å². The zero-order chi connectivity index (χ0) is 9.14. The lowest BCUT2D eigenvalue weighted by molar-refractivity contribution is 0.272. The Kier molecular flexibility index (Phi) is 2.89. The average Bonchev–Trinajstić information content (AvgIpc) is 2.03. The standard InChI is InChI=1S/C8H10ClNO2/c1-5-6(4-11)7(12-2)3-8(9)10-5/h3,11H,4H2,1-2H3. The molecule has 66 valence electrons. The minimum atomic E-state index is -0.0842. The van der Waals surface area contributed by atoms with Crippen molar-refractivity contribution >= 4 is 11.6 Å². The third kappa shape index (κ3) is 1.68. The number of pyridine rings is 1. The van der Waals surface area contributed by atoms with Crippen LogP contribution in [-0.2, 0) is 6.61 Å². The fraction of sp³-hybridized carbons (Fsp3) is 0.375. The van der Waals surface area contributed by atoms with E-state index in [9.17, 15) is 0 Å². The molecule has 1 aromatic heterocycles. The number of aromatic nitrogens is 1. The molecule has 0 atom stereocenters. The van der Waals surface area contributed by atoms with Gasteiger partial charge in [-0.25, -0.2) is 4.98 Å². The maximum absolute atomic E-state index is 8.96. The van der Waals surface area contributed by atoms with Gasteiger partial charge in [-0.2, -0.15) is 0 Å². The van der Waals surface area contributed by atoms with Gasteiger partial charge < -0.3 is 9.84 Å². The van der Waals surface area contributed by atoms with Crippen molar-refractivity contribution in [1.82, 2.24) is 4.98 Å². The topological polar surface area (TPSA) is 42.4 Å². The molecule has 1 rings (SSSR count). The van der Waals surface area contributed by atoms with E-state index in [2.05, 4.69) is 4.98 Å². The zero-order valence-electron chi connectivity index (χ0n) is 6.97. The Morgan fingerprint density at radius 3 is 2.83 bits per heavy atom. The first-order valence-corrected chi connectivity index (χ1v) is 3.87. The molecule has 1 N–H and O–H groups in total. The van der Waals surface area contributed by atoms with Gasteiger partial charge >= 0.3 is 0 Å². The molecule has 0 aliphatic heterocycles. The molecule has 0 aliphatic rings. The van der Waals surface area contributed by atoms with E-state index in [0.717, 1.165) is 0 Å². The first-order valence-electron chi connectivity index (χ1n) is 3.50. The van der Waals surface area contributed by atoms with Gasteiger partial charge in [0.1, 0.15) is 10.9 Å². The number of methoxy groups -OCH3 is 1. The number of aliphatic hydroxyl groups excluding tert-OH is 1. The molecule has 0 saturated heterocycles. The van der Waals surface area contributed by atoms with Crippen LogP contribution < -0.4 is 4.74 Å². The lowest BCUT2D eigenvalue weighted by Crippen LogP contribution is -1.97. The molecule has 3 nitrogen and oxygen atoms in total. The van der Waals surface area contributed by atoms with Gasteiger partial charge in [0, 0.05) is 17.3 Å². The maximum atomic E-state index is 8.96. The van der Waals surface area contributed by atoms with Crippen LogP contribution in [0.15, 0.2) is 6.07 Å². The Morgan fingerprint density at radius 1 is 1.67 bits per heavy atom. The third-order valence-corrected chi connectivity index (χ3v) is 1.83. The van der Waals surface area contributed by atoms with E-state index in [1.165, 1.54) is 7.11 Å². The van der Waals surface area contributed by atoms with Crippen LogP contribution in [0.2, 0.25) is 5.15 Å². The highest BCUT2D eigenvalue weighted by Crippen LogP contribution is 2.23. The molecule has 12 heavy (non-hydrogen) atoms. The normalized spacial score (nSPS) is 10.0. The van der Waals surface area contributed by atoms with Crippen molar-refractivity contribution in [3.63, 3.8) is 0 Å². The molecule has 0 amide bonds. The van der Waals surface area contributed by atoms with Crippen molar-refractivity contribution in [2.45, 2.75) is 13.5 Å². The number of hydrogen-bond donors (Lipinski definition) is 1. The summed E-state index contributed by atoms with van der Waals surface area (Å²) >= 11 is 5.69. The summed E-state index contributed by atoms with van der Waals surface area (Å²) in [4.78, 5) is 3.98. The van der Waals surface area contributed by atoms with Gasteiger partial charge in [0.15, 0.2) is 0 Å². The molecule has 4 heteroatoms. The summed E-state index contributed by atoms with van der Waals surface area (Å²) in [6.07, 6.45) is 0. The average molecular weight is 188 g/mol. The number of ether oxygens (including phenoxy) is 1. The smallest absolute Gasteiger partial charge is 0.133 e. The van der Waals surface area contributed by atoms with Crippen molar-refractivity contribution in [3.05, 3.63) is 22.5 Å². The van der Waals surface area contributed by atoms with Crippen molar-refractivity contribution in [2.75, 3.05) is 7.11 Å². The lowest BCUT2D eigenvalue weighted by atomic mass is 10.2. The van der Waals surface area contributed by atoms with E-state index in [4.69, 9.17) is 21.4 Å². The molecular weight excluding hydrogens is 178 g/mol. The van der Waals surface area contributed by atoms with E-state index < -0.39 is 0 Å². The number of rotatable bonds is 2. The van der Waals surface area contributed by atoms with E-state index in [1.54, 1.807) is 13.0 Å². The van der Waals surface area contributed by atoms with Gasteiger partial charge in [-0.1, -0.05) is 11.6 Å². The van der Waals surface area contributed by atoms with E-state index in [1.807, 2.05) is 0 Å². The molecular formula is C8H10ClNO2. The Balaban J connectivity index is 3.24. The van der Waals surface area contributed by atoms with Crippen LogP contribution in [0.4, 0.5) is 0 Å². The first kappa shape index (κ1) is 9.29. The van der Waals surface area contributed by atoms with Crippen LogP contribution >= 0.6 is 11.6 Å². The summed E-state index contributed by atoms with van der Waals surface area (Å²) in [5.41, 5.74) is 1.38. The summed E-state index contributed by atoms with van der Waals surface area (Å²) in [5.74, 6) is 0.579. The monoisotopic (exact) mass is 187 g/mol. The predicted molar refractivity (Wildman–Crippen MR) is 46.5 cm³/mol. The van der Waals surface area contributed by atoms with Crippen LogP contribution in [0.25, 0.3) is 0 Å². The van der Waals surface area contributed by atoms with Crippen molar-refractivity contribution in [2.24, 2.45) is 0 Å². The van der Waals surface area contributed by atoms with Crippen LogP contribution in [0.5, 0.6) is 5.75 Å². The molecule has 1 aromatic rings. The fourth-order valence-corrected chi connectivity index (χ4v) is 1.23. The summed E-state index contributed by atoms with van der Waals surface area (Å²) in [5, 5.41) is 9.33. The summed E-state index contributed by atoms with van der Waals surface area (Å²) < 4.78 is 5.01. The Labute approximate surface area is 76.0 Å². The maximum Gasteiger partial charge on any atom is 0.133 e. The van der Waals surface area contributed by atoms with E-state index in [-0.39, 0.29) is 6.61 Å². The molecule has 0 saturated carbocycles. The minimum absolute atomic E-state index is 0.0842. The number of nitrogens with zero attached hydrogens (tertiary/aromatic N) is 1. The second-order valence-electron chi connectivity index (χ2n) is 2.37. The Morgan fingerprint density at radius 2 is 2.33 bits per heavy atom. The highest BCUT2D eigenvalue weighted by atomic mass is 35.5. The number of aryl methyl sites for hydroxylation is 1. The number of aliphatic hydroxyl groups is 1. The third-order valence-electron chi connectivity index (χ3n) is 1.64. The lowest BCUT2D eigenvalue weighted by Gasteiger charge is -2.08. The van der Waals surface area contributed by atoms with Gasteiger partial charge in [0.05, 0.1) is 13.7 Å². The summed E-state index contributed by atoms with van der Waals surface area (Å²) in [6, 6.07) is 1.58. The van der Waals surface area contributed by atoms with Gasteiger partial charge in [-0.05, 0) is 6.92 Å². The molecule has 0 aliphatic carbocycles. The van der Waals surface area contributed by atoms with Gasteiger partial charge in [0.25, 0.3) is 0 Å². The minimum Gasteiger partial charge on any atom is -0.496 e. The van der Waals surface area contributed by atoms with Crippen LogP contribution in [0.1, 0.15) is 11.3 Å². The number of halogens is 1. The summed E-state index contributed by atoms with van der Waals surface area (Å²) in [7, 11) is 1.53. The number of hydrogen-bond acceptors (Lipinski definition) is 3. The Bertz CT molecular complexity index is 289.